The minimum atomic E-state index is -0.0495. The van der Waals surface area contributed by atoms with Crippen LogP contribution in [0.15, 0.2) is 48.8 Å². The van der Waals surface area contributed by atoms with Crippen molar-refractivity contribution in [2.75, 3.05) is 0 Å². The number of Topliss-reactive ketones (excluding diaryl/α,β-unsaturated/α-hetero) is 1. The molecule has 1 aliphatic carbocycles. The average Bonchev–Trinajstić information content (AvgIpc) is 3.18. The monoisotopic (exact) mass is 300 g/mol. The third-order valence-electron chi connectivity index (χ3n) is 4.06. The highest BCUT2D eigenvalue weighted by atomic mass is 16.1. The summed E-state index contributed by atoms with van der Waals surface area (Å²) < 4.78 is 1.39. The molecular formula is C18H12N4O. The van der Waals surface area contributed by atoms with Crippen LogP contribution in [0.2, 0.25) is 0 Å². The molecule has 0 spiro atoms. The number of nitriles is 1. The molecule has 1 aromatic heterocycles. The summed E-state index contributed by atoms with van der Waals surface area (Å²) in [6, 6.07) is 15.9. The summed E-state index contributed by atoms with van der Waals surface area (Å²) >= 11 is 0. The predicted molar refractivity (Wildman–Crippen MR) is 83.8 cm³/mol. The fourth-order valence-corrected chi connectivity index (χ4v) is 2.96. The molecule has 0 bridgehead atoms. The molecule has 2 aromatic carbocycles. The van der Waals surface area contributed by atoms with Crippen LogP contribution in [0.1, 0.15) is 27.3 Å². The van der Waals surface area contributed by atoms with E-state index in [-0.39, 0.29) is 18.2 Å². The van der Waals surface area contributed by atoms with Crippen LogP contribution in [0.25, 0.3) is 11.1 Å². The first-order valence-corrected chi connectivity index (χ1v) is 7.28. The van der Waals surface area contributed by atoms with Gasteiger partial charge >= 0.3 is 0 Å². The number of benzene rings is 2. The zero-order valence-corrected chi connectivity index (χ0v) is 12.2. The van der Waals surface area contributed by atoms with Crippen molar-refractivity contribution in [2.24, 2.45) is 0 Å². The molecule has 1 aliphatic rings. The molecule has 0 amide bonds. The van der Waals surface area contributed by atoms with Gasteiger partial charge in [-0.1, -0.05) is 36.4 Å². The summed E-state index contributed by atoms with van der Waals surface area (Å²) in [5.74, 6) is 0.0206. The van der Waals surface area contributed by atoms with E-state index in [2.05, 4.69) is 22.2 Å². The molecule has 5 heteroatoms. The maximum atomic E-state index is 12.5. The summed E-state index contributed by atoms with van der Waals surface area (Å²) in [5.41, 5.74) is 5.51. The van der Waals surface area contributed by atoms with Gasteiger partial charge in [-0.15, -0.1) is 5.10 Å². The second-order valence-corrected chi connectivity index (χ2v) is 5.51. The highest BCUT2D eigenvalue weighted by molar-refractivity contribution is 5.97. The average molecular weight is 300 g/mol. The van der Waals surface area contributed by atoms with Crippen molar-refractivity contribution in [3.63, 3.8) is 0 Å². The van der Waals surface area contributed by atoms with Gasteiger partial charge in [-0.3, -0.25) is 4.79 Å². The van der Waals surface area contributed by atoms with Crippen molar-refractivity contribution in [2.45, 2.75) is 13.0 Å². The number of aromatic nitrogens is 3. The van der Waals surface area contributed by atoms with Gasteiger partial charge in [0, 0.05) is 5.56 Å². The van der Waals surface area contributed by atoms with Crippen LogP contribution in [0.3, 0.4) is 0 Å². The maximum absolute atomic E-state index is 12.5. The Morgan fingerprint density at radius 1 is 1.17 bits per heavy atom. The third-order valence-corrected chi connectivity index (χ3v) is 4.06. The van der Waals surface area contributed by atoms with Gasteiger partial charge in [0.05, 0.1) is 0 Å². The van der Waals surface area contributed by atoms with Gasteiger partial charge < -0.3 is 0 Å². The summed E-state index contributed by atoms with van der Waals surface area (Å²) in [6.45, 7) is 0.0785. The SMILES string of the molecule is N#Cc1ncn(CC(=O)c2ccc3c(c2)-c2ccccc2C3)n1. The van der Waals surface area contributed by atoms with Gasteiger partial charge in [0.1, 0.15) is 18.9 Å². The van der Waals surface area contributed by atoms with Crippen molar-refractivity contribution in [1.29, 1.82) is 5.26 Å². The summed E-state index contributed by atoms with van der Waals surface area (Å²) in [5, 5.41) is 12.7. The highest BCUT2D eigenvalue weighted by Crippen LogP contribution is 2.36. The molecule has 23 heavy (non-hydrogen) atoms. The van der Waals surface area contributed by atoms with Crippen LogP contribution in [-0.2, 0) is 13.0 Å². The number of carbonyl (C=O) groups is 1. The number of nitrogens with zero attached hydrogens (tertiary/aromatic N) is 4. The second-order valence-electron chi connectivity index (χ2n) is 5.51. The van der Waals surface area contributed by atoms with Crippen LogP contribution in [0.5, 0.6) is 0 Å². The van der Waals surface area contributed by atoms with Crippen LogP contribution < -0.4 is 0 Å². The Bertz CT molecular complexity index is 965. The molecule has 3 aromatic rings. The molecule has 0 atom stereocenters. The molecule has 0 saturated carbocycles. The normalized spacial score (nSPS) is 11.6. The largest absolute Gasteiger partial charge is 0.292 e. The molecule has 0 N–H and O–H groups in total. The van der Waals surface area contributed by atoms with Crippen LogP contribution >= 0.6 is 0 Å². The van der Waals surface area contributed by atoms with Crippen LogP contribution in [0.4, 0.5) is 0 Å². The minimum absolute atomic E-state index is 0.0495. The lowest BCUT2D eigenvalue weighted by atomic mass is 10.0. The van der Waals surface area contributed by atoms with E-state index >= 15 is 0 Å². The molecule has 0 radical (unpaired) electrons. The van der Waals surface area contributed by atoms with Crippen molar-refractivity contribution >= 4 is 5.78 Å². The van der Waals surface area contributed by atoms with Crippen molar-refractivity contribution in [3.8, 4) is 17.2 Å². The number of hydrogen-bond acceptors (Lipinski definition) is 4. The third kappa shape index (κ3) is 2.30. The van der Waals surface area contributed by atoms with E-state index < -0.39 is 0 Å². The summed E-state index contributed by atoms with van der Waals surface area (Å²) in [4.78, 5) is 16.3. The Kier molecular flexibility index (Phi) is 3.02. The van der Waals surface area contributed by atoms with Gasteiger partial charge in [-0.05, 0) is 34.7 Å². The Labute approximate surface area is 132 Å². The molecule has 5 nitrogen and oxygen atoms in total. The molecule has 4 rings (SSSR count). The van der Waals surface area contributed by atoms with Crippen molar-refractivity contribution < 1.29 is 4.79 Å². The van der Waals surface area contributed by atoms with Gasteiger partial charge in [-0.2, -0.15) is 5.26 Å². The standard InChI is InChI=1S/C18H12N4O/c19-9-18-20-11-22(21-18)10-17(23)14-6-5-13-7-12-3-1-2-4-15(12)16(13)8-14/h1-6,8,11H,7,10H2. The van der Waals surface area contributed by atoms with E-state index in [4.69, 9.17) is 5.26 Å². The molecule has 0 saturated heterocycles. The minimum Gasteiger partial charge on any atom is -0.292 e. The fraction of sp³-hybridized carbons (Fsp3) is 0.111. The zero-order chi connectivity index (χ0) is 15.8. The first-order valence-electron chi connectivity index (χ1n) is 7.28. The lowest BCUT2D eigenvalue weighted by Crippen LogP contribution is -2.11. The van der Waals surface area contributed by atoms with Gasteiger partial charge in [0.15, 0.2) is 5.78 Å². The molecule has 1 heterocycles. The lowest BCUT2D eigenvalue weighted by molar-refractivity contribution is 0.0967. The number of fused-ring (bicyclic) bond motifs is 3. The van der Waals surface area contributed by atoms with Crippen LogP contribution in [-0.4, -0.2) is 20.5 Å². The van der Waals surface area contributed by atoms with Gasteiger partial charge in [0.25, 0.3) is 5.82 Å². The summed E-state index contributed by atoms with van der Waals surface area (Å²) in [7, 11) is 0. The quantitative estimate of drug-likeness (QED) is 0.545. The van der Waals surface area contributed by atoms with Crippen molar-refractivity contribution in [1.82, 2.24) is 14.8 Å². The number of carbonyl (C=O) groups excluding carboxylic acids is 1. The fourth-order valence-electron chi connectivity index (χ4n) is 2.96. The highest BCUT2D eigenvalue weighted by Gasteiger charge is 2.19. The first-order chi connectivity index (χ1) is 11.2. The Morgan fingerprint density at radius 2 is 2.00 bits per heavy atom. The van der Waals surface area contributed by atoms with Crippen LogP contribution in [0, 0.1) is 11.3 Å². The van der Waals surface area contributed by atoms with E-state index in [1.165, 1.54) is 27.7 Å². The van der Waals surface area contributed by atoms with Gasteiger partial charge in [0.2, 0.25) is 0 Å². The predicted octanol–water partition coefficient (Wildman–Crippen LogP) is 2.60. The van der Waals surface area contributed by atoms with E-state index in [1.54, 1.807) is 0 Å². The van der Waals surface area contributed by atoms with Crippen molar-refractivity contribution in [3.05, 3.63) is 71.3 Å². The molecule has 0 fully saturated rings. The maximum Gasteiger partial charge on any atom is 0.252 e. The molecule has 0 unspecified atom stereocenters. The van der Waals surface area contributed by atoms with Gasteiger partial charge in [-0.25, -0.2) is 9.67 Å². The molecule has 110 valence electrons. The number of hydrogen-bond donors (Lipinski definition) is 0. The Balaban J connectivity index is 1.64. The number of rotatable bonds is 3. The Hall–Kier alpha value is -3.26. The zero-order valence-electron chi connectivity index (χ0n) is 12.2. The first kappa shape index (κ1) is 13.4. The molecular weight excluding hydrogens is 288 g/mol. The lowest BCUT2D eigenvalue weighted by Gasteiger charge is -2.05. The van der Waals surface area contributed by atoms with E-state index in [1.807, 2.05) is 36.4 Å². The second kappa shape index (κ2) is 5.18. The molecule has 0 aliphatic heterocycles. The van der Waals surface area contributed by atoms with E-state index in [0.29, 0.717) is 5.56 Å². The summed E-state index contributed by atoms with van der Waals surface area (Å²) in [6.07, 6.45) is 2.31. The number of ketones is 1. The Morgan fingerprint density at radius 3 is 2.83 bits per heavy atom. The smallest absolute Gasteiger partial charge is 0.252 e. The van der Waals surface area contributed by atoms with E-state index in [9.17, 15) is 4.79 Å². The topological polar surface area (TPSA) is 71.6 Å². The van der Waals surface area contributed by atoms with E-state index in [0.717, 1.165) is 12.0 Å².